The molecule has 0 spiro atoms. The Labute approximate surface area is 157 Å². The van der Waals surface area contributed by atoms with E-state index in [-0.39, 0.29) is 5.91 Å². The number of rotatable bonds is 6. The van der Waals surface area contributed by atoms with E-state index >= 15 is 0 Å². The second kappa shape index (κ2) is 7.78. The summed E-state index contributed by atoms with van der Waals surface area (Å²) in [5, 5.41) is 4.73. The van der Waals surface area contributed by atoms with Crippen LogP contribution in [-0.2, 0) is 11.3 Å². The van der Waals surface area contributed by atoms with Crippen molar-refractivity contribution in [3.05, 3.63) is 59.2 Å². The molecule has 0 aliphatic rings. The van der Waals surface area contributed by atoms with Gasteiger partial charge in [-0.1, -0.05) is 23.0 Å². The second-order valence-electron chi connectivity index (χ2n) is 6.39. The molecule has 6 nitrogen and oxygen atoms in total. The number of aryl methyl sites for hydroxylation is 3. The monoisotopic (exact) mass is 370 g/mol. The van der Waals surface area contributed by atoms with Gasteiger partial charge in [0.2, 0.25) is 5.91 Å². The molecule has 0 bridgehead atoms. The van der Waals surface area contributed by atoms with Crippen LogP contribution in [0.4, 0.5) is 0 Å². The summed E-state index contributed by atoms with van der Waals surface area (Å²) in [6.45, 7) is 6.41. The van der Waals surface area contributed by atoms with Crippen LogP contribution >= 0.6 is 11.8 Å². The Kier molecular flexibility index (Phi) is 5.46. The molecule has 0 unspecified atom stereocenters. The number of imidazole rings is 1. The molecule has 0 atom stereocenters. The summed E-state index contributed by atoms with van der Waals surface area (Å²) in [7, 11) is 1.77. The van der Waals surface area contributed by atoms with Crippen LogP contribution in [0.5, 0.6) is 0 Å². The molecule has 7 heteroatoms. The van der Waals surface area contributed by atoms with E-state index in [1.165, 1.54) is 22.9 Å². The lowest BCUT2D eigenvalue weighted by atomic mass is 10.1. The lowest BCUT2D eigenvalue weighted by Crippen LogP contribution is -2.28. The van der Waals surface area contributed by atoms with Gasteiger partial charge in [0.15, 0.2) is 5.16 Å². The number of nitrogens with zero attached hydrogens (tertiary/aromatic N) is 4. The first-order chi connectivity index (χ1) is 12.4. The Hall–Kier alpha value is -2.54. The number of aromatic nitrogens is 3. The Morgan fingerprint density at radius 1 is 1.19 bits per heavy atom. The van der Waals surface area contributed by atoms with Crippen LogP contribution in [0.15, 0.2) is 46.3 Å². The molecular formula is C19H22N4O2S. The average Bonchev–Trinajstić information content (AvgIpc) is 3.20. The molecule has 3 aromatic rings. The van der Waals surface area contributed by atoms with Gasteiger partial charge in [-0.2, -0.15) is 0 Å². The Morgan fingerprint density at radius 2 is 1.92 bits per heavy atom. The fourth-order valence-corrected chi connectivity index (χ4v) is 3.66. The van der Waals surface area contributed by atoms with Crippen molar-refractivity contribution < 1.29 is 9.32 Å². The number of hydrogen-bond donors (Lipinski definition) is 0. The molecule has 0 radical (unpaired) electrons. The van der Waals surface area contributed by atoms with E-state index in [2.05, 4.69) is 42.2 Å². The number of amides is 1. The maximum absolute atomic E-state index is 12.4. The number of hydrogen-bond acceptors (Lipinski definition) is 5. The minimum absolute atomic E-state index is 0.0191. The van der Waals surface area contributed by atoms with Gasteiger partial charge >= 0.3 is 0 Å². The van der Waals surface area contributed by atoms with Crippen molar-refractivity contribution >= 4 is 17.7 Å². The van der Waals surface area contributed by atoms with Crippen LogP contribution in [0.25, 0.3) is 5.69 Å². The predicted octanol–water partition coefficient (Wildman–Crippen LogP) is 3.54. The molecule has 0 saturated heterocycles. The zero-order chi connectivity index (χ0) is 18.7. The third-order valence-corrected chi connectivity index (χ3v) is 4.87. The molecular weight excluding hydrogens is 348 g/mol. The molecule has 26 heavy (non-hydrogen) atoms. The Bertz CT molecular complexity index is 896. The van der Waals surface area contributed by atoms with E-state index in [9.17, 15) is 4.79 Å². The highest BCUT2D eigenvalue weighted by Crippen LogP contribution is 2.22. The van der Waals surface area contributed by atoms with Gasteiger partial charge in [0.1, 0.15) is 11.5 Å². The summed E-state index contributed by atoms with van der Waals surface area (Å²) in [5.74, 6) is 1.08. The smallest absolute Gasteiger partial charge is 0.233 e. The molecule has 0 N–H and O–H groups in total. The van der Waals surface area contributed by atoms with Gasteiger partial charge in [-0.25, -0.2) is 4.98 Å². The van der Waals surface area contributed by atoms with E-state index in [1.54, 1.807) is 18.1 Å². The van der Waals surface area contributed by atoms with Gasteiger partial charge in [0.25, 0.3) is 0 Å². The maximum atomic E-state index is 12.4. The molecule has 1 aromatic carbocycles. The van der Waals surface area contributed by atoms with Crippen molar-refractivity contribution in [1.82, 2.24) is 19.6 Å². The van der Waals surface area contributed by atoms with Crippen molar-refractivity contribution in [2.24, 2.45) is 0 Å². The third-order valence-electron chi connectivity index (χ3n) is 3.92. The van der Waals surface area contributed by atoms with Crippen molar-refractivity contribution in [2.75, 3.05) is 12.8 Å². The first-order valence-corrected chi connectivity index (χ1v) is 9.32. The fourth-order valence-electron chi connectivity index (χ4n) is 2.74. The van der Waals surface area contributed by atoms with E-state index in [4.69, 9.17) is 4.52 Å². The molecule has 136 valence electrons. The standard InChI is InChI=1S/C19H22N4O2S/c1-13-7-14(2)9-17(8-13)23-6-5-20-19(23)26-12-18(24)22(4)11-16-10-15(3)25-21-16/h5-10H,11-12H2,1-4H3. The highest BCUT2D eigenvalue weighted by Gasteiger charge is 2.14. The van der Waals surface area contributed by atoms with E-state index in [0.717, 1.165) is 22.3 Å². The van der Waals surface area contributed by atoms with E-state index in [0.29, 0.717) is 12.3 Å². The summed E-state index contributed by atoms with van der Waals surface area (Å²) >= 11 is 1.43. The van der Waals surface area contributed by atoms with Gasteiger partial charge in [-0.15, -0.1) is 0 Å². The van der Waals surface area contributed by atoms with Crippen LogP contribution in [0.3, 0.4) is 0 Å². The van der Waals surface area contributed by atoms with Gasteiger partial charge < -0.3 is 9.42 Å². The van der Waals surface area contributed by atoms with Gasteiger partial charge in [0, 0.05) is 31.2 Å². The normalized spacial score (nSPS) is 10.9. The molecule has 1 amide bonds. The Balaban J connectivity index is 1.65. The van der Waals surface area contributed by atoms with Crippen molar-refractivity contribution in [2.45, 2.75) is 32.5 Å². The van der Waals surface area contributed by atoms with Crippen LogP contribution in [0.1, 0.15) is 22.6 Å². The SMILES string of the molecule is Cc1cc(C)cc(-n2ccnc2SCC(=O)N(C)Cc2cc(C)on2)c1. The Morgan fingerprint density at radius 3 is 2.58 bits per heavy atom. The lowest BCUT2D eigenvalue weighted by Gasteiger charge is -2.15. The molecule has 2 aromatic heterocycles. The summed E-state index contributed by atoms with van der Waals surface area (Å²) in [4.78, 5) is 18.5. The topological polar surface area (TPSA) is 64.2 Å². The summed E-state index contributed by atoms with van der Waals surface area (Å²) < 4.78 is 7.05. The van der Waals surface area contributed by atoms with Crippen LogP contribution in [0, 0.1) is 20.8 Å². The largest absolute Gasteiger partial charge is 0.361 e. The highest BCUT2D eigenvalue weighted by atomic mass is 32.2. The molecule has 3 rings (SSSR count). The minimum Gasteiger partial charge on any atom is -0.361 e. The minimum atomic E-state index is 0.0191. The molecule has 0 saturated carbocycles. The molecule has 0 aliphatic carbocycles. The van der Waals surface area contributed by atoms with E-state index < -0.39 is 0 Å². The number of thioether (sulfide) groups is 1. The van der Waals surface area contributed by atoms with Gasteiger partial charge in [-0.3, -0.25) is 9.36 Å². The number of carbonyl (C=O) groups is 1. The van der Waals surface area contributed by atoms with Crippen LogP contribution < -0.4 is 0 Å². The van der Waals surface area contributed by atoms with Crippen LogP contribution in [-0.4, -0.2) is 38.3 Å². The maximum Gasteiger partial charge on any atom is 0.233 e. The first-order valence-electron chi connectivity index (χ1n) is 8.33. The zero-order valence-electron chi connectivity index (χ0n) is 15.4. The number of benzene rings is 1. The highest BCUT2D eigenvalue weighted by molar-refractivity contribution is 7.99. The second-order valence-corrected chi connectivity index (χ2v) is 7.34. The van der Waals surface area contributed by atoms with Gasteiger partial charge in [0.05, 0.1) is 12.3 Å². The summed E-state index contributed by atoms with van der Waals surface area (Å²) in [6, 6.07) is 8.19. The van der Waals surface area contributed by atoms with Crippen molar-refractivity contribution in [1.29, 1.82) is 0 Å². The zero-order valence-corrected chi connectivity index (χ0v) is 16.2. The fraction of sp³-hybridized carbons (Fsp3) is 0.316. The quantitative estimate of drug-likeness (QED) is 0.621. The summed E-state index contributed by atoms with van der Waals surface area (Å²) in [6.07, 6.45) is 3.68. The molecule has 0 aliphatic heterocycles. The first kappa shape index (κ1) is 18.3. The number of carbonyl (C=O) groups excluding carboxylic acids is 1. The third kappa shape index (κ3) is 4.35. The molecule has 0 fully saturated rings. The van der Waals surface area contributed by atoms with E-state index in [1.807, 2.05) is 23.8 Å². The van der Waals surface area contributed by atoms with Crippen molar-refractivity contribution in [3.63, 3.8) is 0 Å². The van der Waals surface area contributed by atoms with Crippen molar-refractivity contribution in [3.8, 4) is 5.69 Å². The predicted molar refractivity (Wildman–Crippen MR) is 101 cm³/mol. The van der Waals surface area contributed by atoms with Crippen LogP contribution in [0.2, 0.25) is 0 Å². The average molecular weight is 370 g/mol. The summed E-state index contributed by atoms with van der Waals surface area (Å²) in [5.41, 5.74) is 4.20. The molecule has 2 heterocycles. The lowest BCUT2D eigenvalue weighted by molar-refractivity contribution is -0.127. The van der Waals surface area contributed by atoms with Gasteiger partial charge in [-0.05, 0) is 44.0 Å².